The van der Waals surface area contributed by atoms with Gasteiger partial charge in [-0.3, -0.25) is 14.4 Å². The van der Waals surface area contributed by atoms with Crippen LogP contribution in [0.3, 0.4) is 0 Å². The van der Waals surface area contributed by atoms with Gasteiger partial charge >= 0.3 is 26.1 Å². The number of aromatic nitrogens is 3. The number of rotatable bonds is 16. The number of hydrogen-bond donors (Lipinski definition) is 2. The Bertz CT molecular complexity index is 1350. The smallest absolute Gasteiger partial charge is 0.464 e. The maximum atomic E-state index is 15.2. The van der Waals surface area contributed by atoms with Crippen molar-refractivity contribution < 1.29 is 46.8 Å². The maximum absolute atomic E-state index is 15.2. The zero-order valence-corrected chi connectivity index (χ0v) is 27.6. The van der Waals surface area contributed by atoms with Gasteiger partial charge < -0.3 is 24.7 Å². The Morgan fingerprint density at radius 1 is 1.09 bits per heavy atom. The molecule has 16 heteroatoms. The fourth-order valence-electron chi connectivity index (χ4n) is 4.62. The van der Waals surface area contributed by atoms with Gasteiger partial charge in [0.1, 0.15) is 37.3 Å². The molecule has 6 atom stereocenters. The highest BCUT2D eigenvalue weighted by molar-refractivity contribution is 7.36. The molecule has 1 unspecified atom stereocenters. The van der Waals surface area contributed by atoms with Crippen LogP contribution >= 0.6 is 8.18 Å². The van der Waals surface area contributed by atoms with Crippen molar-refractivity contribution in [2.45, 2.75) is 91.3 Å². The highest BCUT2D eigenvalue weighted by atomic mass is 31.1. The Kier molecular flexibility index (Phi) is 12.7. The van der Waals surface area contributed by atoms with Crippen LogP contribution in [0.4, 0.5) is 10.2 Å². The minimum atomic E-state index is -2.76. The predicted molar refractivity (Wildman–Crippen MR) is 161 cm³/mol. The van der Waals surface area contributed by atoms with E-state index in [1.54, 1.807) is 39.8 Å². The summed E-state index contributed by atoms with van der Waals surface area (Å²) in [4.78, 5) is 42.2. The lowest BCUT2D eigenvalue weighted by Crippen LogP contribution is -2.52. The monoisotopic (exact) mass is 656 g/mol. The molecule has 0 aromatic carbocycles. The number of halogens is 1. The number of anilines is 1. The van der Waals surface area contributed by atoms with Gasteiger partial charge in [-0.1, -0.05) is 59.5 Å². The summed E-state index contributed by atoms with van der Waals surface area (Å²) < 4.78 is 58.2. The number of esters is 3. The third kappa shape index (κ3) is 8.51. The Morgan fingerprint density at radius 2 is 1.73 bits per heavy atom. The number of nitrogen functional groups attached to an aromatic ring is 1. The van der Waals surface area contributed by atoms with Gasteiger partial charge in [-0.05, 0) is 29.5 Å². The number of nitrogens with zero attached hydrogens (tertiary/aromatic N) is 3. The first-order valence-electron chi connectivity index (χ1n) is 15.0. The van der Waals surface area contributed by atoms with Gasteiger partial charge in [0.25, 0.3) is 0 Å². The van der Waals surface area contributed by atoms with Gasteiger partial charge in [-0.2, -0.15) is 5.10 Å². The minimum absolute atomic E-state index is 0.156. The molecule has 0 amide bonds. The molecule has 2 aromatic heterocycles. The van der Waals surface area contributed by atoms with E-state index in [0.29, 0.717) is 11.2 Å². The van der Waals surface area contributed by atoms with Gasteiger partial charge in [-0.15, -0.1) is 4.52 Å². The van der Waals surface area contributed by atoms with E-state index in [2.05, 4.69) is 15.2 Å². The lowest BCUT2D eigenvalue weighted by atomic mass is 9.95. The third-order valence-corrected chi connectivity index (χ3v) is 8.60. The second kappa shape index (κ2) is 15.8. The topological polar surface area (TPSA) is 183 Å². The molecular formula is C29H44FN5O9P+. The molecule has 250 valence electrons. The zero-order valence-electron chi connectivity index (χ0n) is 26.7. The molecule has 1 aliphatic heterocycles. The number of nitrogens with one attached hydrogen (secondary N) is 1. The third-order valence-electron chi connectivity index (χ3n) is 7.64. The number of nitrogens with two attached hydrogens (primary N) is 1. The van der Waals surface area contributed by atoms with Gasteiger partial charge in [0, 0.05) is 0 Å². The highest BCUT2D eigenvalue weighted by Gasteiger charge is 2.62. The average molecular weight is 657 g/mol. The van der Waals surface area contributed by atoms with Crippen molar-refractivity contribution in [3.8, 4) is 0 Å². The van der Waals surface area contributed by atoms with Crippen LogP contribution in [0.5, 0.6) is 0 Å². The molecule has 45 heavy (non-hydrogen) atoms. The predicted octanol–water partition coefficient (Wildman–Crippen LogP) is 3.86. The van der Waals surface area contributed by atoms with Crippen LogP contribution in [0.25, 0.3) is 5.52 Å². The van der Waals surface area contributed by atoms with Crippen LogP contribution < -0.4 is 10.8 Å². The quantitative estimate of drug-likeness (QED) is 0.151. The summed E-state index contributed by atoms with van der Waals surface area (Å²) in [6.45, 7) is 10.1. The Balaban J connectivity index is 1.93. The summed E-state index contributed by atoms with van der Waals surface area (Å²) in [6.07, 6.45) is -1.22. The summed E-state index contributed by atoms with van der Waals surface area (Å²) in [6, 6.07) is 2.20. The number of carbonyl (C=O) groups is 3. The van der Waals surface area contributed by atoms with Crippen LogP contribution in [-0.4, -0.2) is 76.2 Å². The summed E-state index contributed by atoms with van der Waals surface area (Å²) >= 11 is 0. The van der Waals surface area contributed by atoms with E-state index in [1.165, 1.54) is 17.8 Å². The molecule has 14 nitrogen and oxygen atoms in total. The fourth-order valence-corrected chi connectivity index (χ4v) is 5.45. The lowest BCUT2D eigenvalue weighted by molar-refractivity contribution is -0.178. The van der Waals surface area contributed by atoms with Crippen molar-refractivity contribution in [2.24, 2.45) is 17.8 Å². The Morgan fingerprint density at radius 3 is 2.33 bits per heavy atom. The van der Waals surface area contributed by atoms with Crippen molar-refractivity contribution in [1.82, 2.24) is 19.7 Å². The van der Waals surface area contributed by atoms with E-state index in [4.69, 9.17) is 29.2 Å². The number of fused-ring (bicyclic) bond motifs is 1. The van der Waals surface area contributed by atoms with E-state index in [9.17, 15) is 18.9 Å². The molecule has 1 saturated heterocycles. The number of carbonyl (C=O) groups excluding carboxylic acids is 3. The fraction of sp³-hybridized carbons (Fsp3) is 0.690. The van der Waals surface area contributed by atoms with Crippen molar-refractivity contribution >= 4 is 37.4 Å². The second-order valence-electron chi connectivity index (χ2n) is 11.7. The first-order chi connectivity index (χ1) is 21.3. The largest absolute Gasteiger partial charge is 0.613 e. The summed E-state index contributed by atoms with van der Waals surface area (Å²) in [5.41, 5.74) is 4.63. The van der Waals surface area contributed by atoms with Crippen molar-refractivity contribution in [3.05, 3.63) is 24.2 Å². The molecule has 1 aliphatic rings. The number of ether oxygens (including phenoxy) is 4. The Hall–Kier alpha value is -3.26. The molecule has 3 heterocycles. The second-order valence-corrected chi connectivity index (χ2v) is 12.7. The molecule has 2 aromatic rings. The first-order valence-corrected chi connectivity index (χ1v) is 16.2. The van der Waals surface area contributed by atoms with Gasteiger partial charge in [0.05, 0.1) is 24.1 Å². The van der Waals surface area contributed by atoms with Crippen LogP contribution in [0, 0.1) is 17.8 Å². The minimum Gasteiger partial charge on any atom is -0.464 e. The van der Waals surface area contributed by atoms with E-state index < -0.39 is 81.2 Å². The van der Waals surface area contributed by atoms with E-state index in [-0.39, 0.29) is 18.3 Å². The van der Waals surface area contributed by atoms with Crippen LogP contribution in [-0.2, 0) is 42.4 Å². The van der Waals surface area contributed by atoms with Crippen LogP contribution in [0.15, 0.2) is 18.5 Å². The first kappa shape index (κ1) is 36.2. The molecule has 0 spiro atoms. The SMILES string of the molecule is CCC(CC)COC(=O)[C@H](C)N[P+](=O)OC[C@@]1(CF)O[C@@H](c2ccc3c(N)ncnn23)[C@H](OC(=O)C(C)C)[C@@H]1OC(=O)C(C)C. The Labute approximate surface area is 262 Å². The van der Waals surface area contributed by atoms with Crippen molar-refractivity contribution in [2.75, 3.05) is 25.6 Å². The molecule has 1 fully saturated rings. The summed E-state index contributed by atoms with van der Waals surface area (Å²) in [5, 5.41) is 6.73. The van der Waals surface area contributed by atoms with Crippen LogP contribution in [0.2, 0.25) is 0 Å². The lowest BCUT2D eigenvalue weighted by Gasteiger charge is -2.31. The molecule has 3 rings (SSSR count). The standard InChI is InChI=1S/C29H44FN5O9P/c1-8-19(9-2)12-40-28(38)18(7)34-45(39)41-14-29(13-30)24(43-27(37)17(5)6)23(42-26(36)16(3)4)22(44-29)20-10-11-21-25(31)32-15-33-35(20)21/h10-11,15-19,22-24H,8-9,12-14H2,1-7H3,(H,34,39)(H2,31,32,33)/q+1/t18-,22-,23-,24-,29+/m0/s1. The molecule has 0 radical (unpaired) electrons. The molecule has 0 saturated carbocycles. The molecular weight excluding hydrogens is 612 g/mol. The average Bonchev–Trinajstić information content (AvgIpc) is 3.56. The molecule has 0 aliphatic carbocycles. The van der Waals surface area contributed by atoms with E-state index in [1.807, 2.05) is 13.8 Å². The van der Waals surface area contributed by atoms with E-state index >= 15 is 4.39 Å². The number of hydrogen-bond acceptors (Lipinski definition) is 12. The molecule has 0 bridgehead atoms. The van der Waals surface area contributed by atoms with E-state index in [0.717, 1.165) is 12.8 Å². The summed E-state index contributed by atoms with van der Waals surface area (Å²) in [5.74, 6) is -2.85. The highest BCUT2D eigenvalue weighted by Crippen LogP contribution is 2.46. The maximum Gasteiger partial charge on any atom is 0.613 e. The zero-order chi connectivity index (χ0) is 33.5. The normalized spacial score (nSPS) is 22.6. The van der Waals surface area contributed by atoms with Crippen molar-refractivity contribution in [3.63, 3.8) is 0 Å². The van der Waals surface area contributed by atoms with Gasteiger partial charge in [0.2, 0.25) is 0 Å². The molecule has 3 N–H and O–H groups in total. The van der Waals surface area contributed by atoms with Crippen molar-refractivity contribution in [1.29, 1.82) is 0 Å². The van der Waals surface area contributed by atoms with Gasteiger partial charge in [-0.25, -0.2) is 13.9 Å². The van der Waals surface area contributed by atoms with Crippen LogP contribution in [0.1, 0.15) is 73.1 Å². The number of alkyl halides is 1. The summed E-state index contributed by atoms with van der Waals surface area (Å²) in [7, 11) is -2.76. The van der Waals surface area contributed by atoms with Gasteiger partial charge in [0.15, 0.2) is 23.6 Å².